The first-order valence-electron chi connectivity index (χ1n) is 7.77. The first-order chi connectivity index (χ1) is 11.2. The third-order valence-electron chi connectivity index (χ3n) is 3.69. The van der Waals surface area contributed by atoms with Crippen molar-refractivity contribution in [2.24, 2.45) is 0 Å². The summed E-state index contributed by atoms with van der Waals surface area (Å²) in [6.45, 7) is 2.88. The third-order valence-corrected chi connectivity index (χ3v) is 3.69. The van der Waals surface area contributed by atoms with E-state index in [-0.39, 0.29) is 18.6 Å². The van der Waals surface area contributed by atoms with E-state index >= 15 is 0 Å². The zero-order valence-corrected chi connectivity index (χ0v) is 13.0. The lowest BCUT2D eigenvalue weighted by molar-refractivity contribution is -0.118. The number of aromatic nitrogens is 2. The molecule has 0 radical (unpaired) electrons. The molecule has 1 aromatic carbocycles. The van der Waals surface area contributed by atoms with Crippen LogP contribution in [0.1, 0.15) is 31.0 Å². The molecule has 1 unspecified atom stereocenters. The van der Waals surface area contributed by atoms with Crippen molar-refractivity contribution in [2.45, 2.75) is 38.8 Å². The summed E-state index contributed by atoms with van der Waals surface area (Å²) in [6.07, 6.45) is 3.11. The van der Waals surface area contributed by atoms with Crippen LogP contribution >= 0.6 is 0 Å². The summed E-state index contributed by atoms with van der Waals surface area (Å²) in [4.78, 5) is 16.2. The smallest absolute Gasteiger partial charge is 0.241 e. The number of rotatable bonds is 5. The van der Waals surface area contributed by atoms with Crippen molar-refractivity contribution in [1.29, 1.82) is 0 Å². The lowest BCUT2D eigenvalue weighted by atomic mass is 10.0. The lowest BCUT2D eigenvalue weighted by Gasteiger charge is -2.22. The van der Waals surface area contributed by atoms with Crippen LogP contribution in [0.25, 0.3) is 0 Å². The summed E-state index contributed by atoms with van der Waals surface area (Å²) in [5.41, 5.74) is 0.755. The van der Waals surface area contributed by atoms with Crippen molar-refractivity contribution in [3.63, 3.8) is 0 Å². The molecule has 2 aromatic rings. The summed E-state index contributed by atoms with van der Waals surface area (Å²) in [6, 6.07) is 7.14. The topological polar surface area (TPSA) is 89.3 Å². The van der Waals surface area contributed by atoms with Gasteiger partial charge in [-0.2, -0.15) is 4.98 Å². The number of amides is 1. The minimum atomic E-state index is -0.0962. The van der Waals surface area contributed by atoms with Gasteiger partial charge in [-0.25, -0.2) is 0 Å². The van der Waals surface area contributed by atoms with Gasteiger partial charge < -0.3 is 19.9 Å². The Balaban J connectivity index is 1.51. The number of piperidine rings is 1. The summed E-state index contributed by atoms with van der Waals surface area (Å²) in [5, 5.41) is 9.92. The van der Waals surface area contributed by atoms with Crippen molar-refractivity contribution in [3.05, 3.63) is 36.0 Å². The normalized spacial score (nSPS) is 17.7. The summed E-state index contributed by atoms with van der Waals surface area (Å²) in [7, 11) is 0. The van der Waals surface area contributed by atoms with Crippen molar-refractivity contribution in [2.75, 3.05) is 11.9 Å². The molecule has 0 spiro atoms. The predicted octanol–water partition coefficient (Wildman–Crippen LogP) is 2.04. The number of nitrogens with one attached hydrogen (secondary N) is 2. The Kier molecular flexibility index (Phi) is 4.87. The number of hydrogen-bond acceptors (Lipinski definition) is 6. The second-order valence-corrected chi connectivity index (χ2v) is 5.53. The van der Waals surface area contributed by atoms with E-state index in [0.29, 0.717) is 17.5 Å². The van der Waals surface area contributed by atoms with Crippen LogP contribution in [0.15, 0.2) is 28.8 Å². The maximum atomic E-state index is 12.1. The summed E-state index contributed by atoms with van der Waals surface area (Å²) < 4.78 is 10.5. The zero-order chi connectivity index (χ0) is 16.1. The summed E-state index contributed by atoms with van der Waals surface area (Å²) >= 11 is 0. The Labute approximate surface area is 134 Å². The largest absolute Gasteiger partial charge is 0.485 e. The van der Waals surface area contributed by atoms with Gasteiger partial charge in [-0.3, -0.25) is 4.79 Å². The fourth-order valence-electron chi connectivity index (χ4n) is 2.49. The average Bonchev–Trinajstić information content (AvgIpc) is 3.00. The number of carbonyl (C=O) groups is 1. The molecule has 3 rings (SSSR count). The second-order valence-electron chi connectivity index (χ2n) is 5.53. The minimum Gasteiger partial charge on any atom is -0.485 e. The van der Waals surface area contributed by atoms with Crippen LogP contribution < -0.4 is 15.4 Å². The van der Waals surface area contributed by atoms with E-state index in [1.54, 1.807) is 19.1 Å². The monoisotopic (exact) mass is 316 g/mol. The van der Waals surface area contributed by atoms with E-state index in [1.165, 1.54) is 0 Å². The lowest BCUT2D eigenvalue weighted by Crippen LogP contribution is -2.43. The van der Waals surface area contributed by atoms with Gasteiger partial charge >= 0.3 is 0 Å². The van der Waals surface area contributed by atoms with Gasteiger partial charge in [0.05, 0.1) is 6.04 Å². The quantitative estimate of drug-likeness (QED) is 0.877. The van der Waals surface area contributed by atoms with Crippen molar-refractivity contribution >= 4 is 11.6 Å². The van der Waals surface area contributed by atoms with Gasteiger partial charge in [-0.05, 0) is 43.7 Å². The highest BCUT2D eigenvalue weighted by atomic mass is 16.5. The van der Waals surface area contributed by atoms with Gasteiger partial charge in [0.15, 0.2) is 6.61 Å². The van der Waals surface area contributed by atoms with Crippen molar-refractivity contribution in [1.82, 2.24) is 15.5 Å². The molecular weight excluding hydrogens is 296 g/mol. The van der Waals surface area contributed by atoms with Gasteiger partial charge in [0, 0.05) is 12.6 Å². The van der Waals surface area contributed by atoms with Crippen LogP contribution in [0.4, 0.5) is 5.69 Å². The molecule has 0 aliphatic carbocycles. The molecule has 2 N–H and O–H groups in total. The number of carbonyl (C=O) groups excluding carboxylic acids is 1. The molecule has 122 valence electrons. The Hall–Kier alpha value is -2.41. The molecule has 0 bridgehead atoms. The van der Waals surface area contributed by atoms with E-state index in [0.717, 1.165) is 31.5 Å². The second kappa shape index (κ2) is 7.23. The van der Waals surface area contributed by atoms with Gasteiger partial charge in [0.25, 0.3) is 0 Å². The summed E-state index contributed by atoms with van der Waals surface area (Å²) in [5.74, 6) is 1.71. The molecule has 23 heavy (non-hydrogen) atoms. The van der Waals surface area contributed by atoms with Crippen LogP contribution in [-0.2, 0) is 11.4 Å². The predicted molar refractivity (Wildman–Crippen MR) is 84.1 cm³/mol. The van der Waals surface area contributed by atoms with Gasteiger partial charge in [0.2, 0.25) is 17.6 Å². The third kappa shape index (κ3) is 4.29. The molecule has 1 saturated heterocycles. The molecular formula is C16H20N4O3. The number of hydrogen-bond donors (Lipinski definition) is 2. The fraction of sp³-hybridized carbons (Fsp3) is 0.438. The van der Waals surface area contributed by atoms with Crippen LogP contribution in [0.3, 0.4) is 0 Å². The minimum absolute atomic E-state index is 0.0145. The Morgan fingerprint density at radius 3 is 2.87 bits per heavy atom. The van der Waals surface area contributed by atoms with Crippen molar-refractivity contribution in [3.8, 4) is 5.75 Å². The molecule has 7 nitrogen and oxygen atoms in total. The first-order valence-corrected chi connectivity index (χ1v) is 7.77. The Bertz CT molecular complexity index is 648. The SMILES string of the molecule is Cc1nc(COc2ccc(NC(=O)C3CCCCN3)cc2)no1. The highest BCUT2D eigenvalue weighted by Gasteiger charge is 2.20. The van der Waals surface area contributed by atoms with E-state index in [4.69, 9.17) is 9.26 Å². The van der Waals surface area contributed by atoms with Crippen molar-refractivity contribution < 1.29 is 14.1 Å². The van der Waals surface area contributed by atoms with E-state index in [1.807, 2.05) is 12.1 Å². The molecule has 1 fully saturated rings. The Morgan fingerprint density at radius 1 is 1.39 bits per heavy atom. The van der Waals surface area contributed by atoms with E-state index in [9.17, 15) is 4.79 Å². The molecule has 7 heteroatoms. The van der Waals surface area contributed by atoms with E-state index < -0.39 is 0 Å². The number of anilines is 1. The average molecular weight is 316 g/mol. The van der Waals surface area contributed by atoms with Crippen LogP contribution in [0.5, 0.6) is 5.75 Å². The number of aryl methyl sites for hydroxylation is 1. The molecule has 2 heterocycles. The number of benzene rings is 1. The van der Waals surface area contributed by atoms with Gasteiger partial charge in [0.1, 0.15) is 5.75 Å². The molecule has 0 saturated carbocycles. The maximum Gasteiger partial charge on any atom is 0.241 e. The molecule has 1 aliphatic heterocycles. The zero-order valence-electron chi connectivity index (χ0n) is 13.0. The van der Waals surface area contributed by atoms with Crippen LogP contribution in [-0.4, -0.2) is 28.6 Å². The van der Waals surface area contributed by atoms with Crippen LogP contribution in [0, 0.1) is 6.92 Å². The van der Waals surface area contributed by atoms with Gasteiger partial charge in [-0.1, -0.05) is 11.6 Å². The fourth-order valence-corrected chi connectivity index (χ4v) is 2.49. The standard InChI is InChI=1S/C16H20N4O3/c1-11-18-15(20-23-11)10-22-13-7-5-12(6-8-13)19-16(21)14-4-2-3-9-17-14/h5-8,14,17H,2-4,9-10H2,1H3,(H,19,21). The highest BCUT2D eigenvalue weighted by Crippen LogP contribution is 2.17. The first kappa shape index (κ1) is 15.5. The van der Waals surface area contributed by atoms with E-state index in [2.05, 4.69) is 20.8 Å². The molecule has 1 aromatic heterocycles. The molecule has 1 aliphatic rings. The number of nitrogens with zero attached hydrogens (tertiary/aromatic N) is 2. The van der Waals surface area contributed by atoms with Crippen LogP contribution in [0.2, 0.25) is 0 Å². The molecule has 1 atom stereocenters. The molecule has 1 amide bonds. The highest BCUT2D eigenvalue weighted by molar-refractivity contribution is 5.94. The Morgan fingerprint density at radius 2 is 2.22 bits per heavy atom. The maximum absolute atomic E-state index is 12.1. The van der Waals surface area contributed by atoms with Gasteiger partial charge in [-0.15, -0.1) is 0 Å². The number of ether oxygens (including phenoxy) is 1.